The van der Waals surface area contributed by atoms with E-state index in [1.165, 1.54) is 0 Å². The average Bonchev–Trinajstić information content (AvgIpc) is 2.82. The van der Waals surface area contributed by atoms with E-state index >= 15 is 0 Å². The van der Waals surface area contributed by atoms with Crippen LogP contribution in [0.1, 0.15) is 58.3 Å². The summed E-state index contributed by atoms with van der Waals surface area (Å²) in [6.45, 7) is 2.10. The Kier molecular flexibility index (Phi) is 3.14. The minimum atomic E-state index is -0.843. The maximum Gasteiger partial charge on any atom is 0.314 e. The van der Waals surface area contributed by atoms with E-state index in [2.05, 4.69) is 6.92 Å². The van der Waals surface area contributed by atoms with E-state index in [0.29, 0.717) is 43.3 Å². The number of carboxylic acid groups (broad SMARTS) is 1. The number of hydrogen-bond acceptors (Lipinski definition) is 3. The van der Waals surface area contributed by atoms with Gasteiger partial charge in [-0.15, -0.1) is 0 Å². The molecule has 1 N–H and O–H groups in total. The summed E-state index contributed by atoms with van der Waals surface area (Å²) in [5.74, 6) is 0.458. The number of hydrogen-bond donors (Lipinski definition) is 1. The third kappa shape index (κ3) is 1.81. The normalized spacial score (nSPS) is 45.8. The highest BCUT2D eigenvalue weighted by Crippen LogP contribution is 2.64. The Morgan fingerprint density at radius 2 is 1.87 bits per heavy atom. The van der Waals surface area contributed by atoms with Crippen molar-refractivity contribution in [1.29, 1.82) is 0 Å². The molecule has 5 unspecified atom stereocenters. The summed E-state index contributed by atoms with van der Waals surface area (Å²) in [4.78, 5) is 36.5. The molecule has 0 heterocycles. The molecule has 0 aromatic rings. The van der Waals surface area contributed by atoms with E-state index in [4.69, 9.17) is 0 Å². The molecule has 4 aliphatic rings. The first-order valence-corrected chi connectivity index (χ1v) is 8.90. The van der Waals surface area contributed by atoms with Crippen LogP contribution in [0, 0.1) is 28.6 Å². The monoisotopic (exact) mass is 316 g/mol. The Hall–Kier alpha value is -1.45. The first-order valence-electron chi connectivity index (χ1n) is 8.90. The Morgan fingerprint density at radius 1 is 1.09 bits per heavy atom. The number of carbonyl (C=O) groups is 3. The molecule has 4 nitrogen and oxygen atoms in total. The zero-order valence-electron chi connectivity index (χ0n) is 13.6. The highest BCUT2D eigenvalue weighted by Gasteiger charge is 2.62. The van der Waals surface area contributed by atoms with E-state index in [1.54, 1.807) is 6.08 Å². The maximum absolute atomic E-state index is 12.4. The summed E-state index contributed by atoms with van der Waals surface area (Å²) < 4.78 is 0. The average molecular weight is 316 g/mol. The molecule has 5 atom stereocenters. The van der Waals surface area contributed by atoms with Crippen LogP contribution >= 0.6 is 0 Å². The van der Waals surface area contributed by atoms with Gasteiger partial charge in [0.05, 0.1) is 5.41 Å². The number of Topliss-reactive ketones (excluding diaryl/α,β-unsaturated/α-hetero) is 1. The standard InChI is InChI=1S/C19H24O4/c1-18-8-7-15-13(14(18)4-5-16(18)21)3-2-11-10-12(20)6-9-19(11,15)17(22)23/h10,13-15H,2-9H2,1H3,(H,22,23). The molecule has 0 aromatic heterocycles. The number of carboxylic acids is 1. The fraction of sp³-hybridized carbons (Fsp3) is 0.737. The quantitative estimate of drug-likeness (QED) is 0.806. The highest BCUT2D eigenvalue weighted by molar-refractivity contribution is 5.95. The fourth-order valence-electron chi connectivity index (χ4n) is 6.39. The van der Waals surface area contributed by atoms with Gasteiger partial charge in [0.1, 0.15) is 5.78 Å². The van der Waals surface area contributed by atoms with Gasteiger partial charge in [-0.3, -0.25) is 14.4 Å². The summed E-state index contributed by atoms with van der Waals surface area (Å²) in [5.41, 5.74) is -0.216. The lowest BCUT2D eigenvalue weighted by Crippen LogP contribution is -2.54. The summed E-state index contributed by atoms with van der Waals surface area (Å²) in [5, 5.41) is 10.1. The molecule has 0 spiro atoms. The van der Waals surface area contributed by atoms with Crippen LogP contribution in [-0.4, -0.2) is 22.6 Å². The lowest BCUT2D eigenvalue weighted by Gasteiger charge is -2.55. The van der Waals surface area contributed by atoms with Crippen molar-refractivity contribution in [1.82, 2.24) is 0 Å². The van der Waals surface area contributed by atoms with Crippen LogP contribution in [-0.2, 0) is 14.4 Å². The summed E-state index contributed by atoms with van der Waals surface area (Å²) in [7, 11) is 0. The van der Waals surface area contributed by atoms with Crippen molar-refractivity contribution in [2.24, 2.45) is 28.6 Å². The predicted octanol–water partition coefficient (Wildman–Crippen LogP) is 3.15. The van der Waals surface area contributed by atoms with Gasteiger partial charge < -0.3 is 5.11 Å². The molecule has 0 saturated heterocycles. The van der Waals surface area contributed by atoms with Crippen molar-refractivity contribution in [3.05, 3.63) is 11.6 Å². The van der Waals surface area contributed by atoms with E-state index in [0.717, 1.165) is 31.3 Å². The number of carbonyl (C=O) groups excluding carboxylic acids is 2. The van der Waals surface area contributed by atoms with E-state index in [-0.39, 0.29) is 17.1 Å². The Morgan fingerprint density at radius 3 is 2.61 bits per heavy atom. The van der Waals surface area contributed by atoms with Crippen LogP contribution in [0.15, 0.2) is 11.6 Å². The lowest BCUT2D eigenvalue weighted by atomic mass is 9.47. The molecule has 0 amide bonds. The van der Waals surface area contributed by atoms with Crippen molar-refractivity contribution in [2.45, 2.75) is 58.3 Å². The topological polar surface area (TPSA) is 71.4 Å². The lowest BCUT2D eigenvalue weighted by molar-refractivity contribution is -0.159. The van der Waals surface area contributed by atoms with Crippen molar-refractivity contribution in [3.8, 4) is 0 Å². The van der Waals surface area contributed by atoms with Crippen molar-refractivity contribution in [2.75, 3.05) is 0 Å². The van der Waals surface area contributed by atoms with Gasteiger partial charge in [0.25, 0.3) is 0 Å². The summed E-state index contributed by atoms with van der Waals surface area (Å²) >= 11 is 0. The Labute approximate surface area is 136 Å². The molecule has 3 saturated carbocycles. The van der Waals surface area contributed by atoms with Gasteiger partial charge in [0.2, 0.25) is 0 Å². The molecule has 0 aliphatic heterocycles. The third-order valence-electron chi connectivity index (χ3n) is 7.58. The Bertz CT molecular complexity index is 633. The van der Waals surface area contributed by atoms with Gasteiger partial charge in [-0.2, -0.15) is 0 Å². The maximum atomic E-state index is 12.4. The van der Waals surface area contributed by atoms with Crippen LogP contribution in [0.25, 0.3) is 0 Å². The molecule has 0 aromatic carbocycles. The highest BCUT2D eigenvalue weighted by atomic mass is 16.4. The summed E-state index contributed by atoms with van der Waals surface area (Å²) in [6, 6.07) is 0. The van der Waals surface area contributed by atoms with Crippen LogP contribution in [0.5, 0.6) is 0 Å². The summed E-state index contributed by atoms with van der Waals surface area (Å²) in [6.07, 6.45) is 7.27. The first-order chi connectivity index (χ1) is 10.9. The van der Waals surface area contributed by atoms with E-state index < -0.39 is 11.4 Å². The molecular formula is C19H24O4. The third-order valence-corrected chi connectivity index (χ3v) is 7.58. The van der Waals surface area contributed by atoms with Gasteiger partial charge in [-0.05, 0) is 67.9 Å². The van der Waals surface area contributed by atoms with Gasteiger partial charge in [-0.1, -0.05) is 6.92 Å². The first kappa shape index (κ1) is 15.1. The molecule has 4 rings (SSSR count). The van der Waals surface area contributed by atoms with Crippen LogP contribution in [0.3, 0.4) is 0 Å². The van der Waals surface area contributed by atoms with Crippen LogP contribution < -0.4 is 0 Å². The van der Waals surface area contributed by atoms with Gasteiger partial charge in [0, 0.05) is 18.3 Å². The van der Waals surface area contributed by atoms with Gasteiger partial charge >= 0.3 is 5.97 Å². The number of ketones is 2. The number of rotatable bonds is 1. The molecule has 3 fully saturated rings. The molecule has 0 bridgehead atoms. The SMILES string of the molecule is CC12CCC3C(CCC4=CC(=O)CCC43C(=O)O)C1CCC2=O. The minimum absolute atomic E-state index is 0.0759. The van der Waals surface area contributed by atoms with Crippen molar-refractivity contribution < 1.29 is 19.5 Å². The molecule has 23 heavy (non-hydrogen) atoms. The van der Waals surface area contributed by atoms with Crippen LogP contribution in [0.4, 0.5) is 0 Å². The predicted molar refractivity (Wildman–Crippen MR) is 83.7 cm³/mol. The van der Waals surface area contributed by atoms with E-state index in [9.17, 15) is 19.5 Å². The second-order valence-corrected chi connectivity index (χ2v) is 8.25. The van der Waals surface area contributed by atoms with Crippen molar-refractivity contribution in [3.63, 3.8) is 0 Å². The molecule has 4 aliphatic carbocycles. The minimum Gasteiger partial charge on any atom is -0.481 e. The number of aliphatic carboxylic acids is 1. The van der Waals surface area contributed by atoms with Crippen LogP contribution in [0.2, 0.25) is 0 Å². The van der Waals surface area contributed by atoms with Gasteiger partial charge in [0.15, 0.2) is 5.78 Å². The Balaban J connectivity index is 1.77. The fourth-order valence-corrected chi connectivity index (χ4v) is 6.39. The zero-order valence-corrected chi connectivity index (χ0v) is 13.6. The van der Waals surface area contributed by atoms with E-state index in [1.807, 2.05) is 0 Å². The van der Waals surface area contributed by atoms with Gasteiger partial charge in [-0.25, -0.2) is 0 Å². The number of fused-ring (bicyclic) bond motifs is 5. The molecular weight excluding hydrogens is 292 g/mol. The second-order valence-electron chi connectivity index (χ2n) is 8.25. The largest absolute Gasteiger partial charge is 0.481 e. The molecule has 124 valence electrons. The van der Waals surface area contributed by atoms with Crippen molar-refractivity contribution >= 4 is 17.5 Å². The second kappa shape index (κ2) is 4.78. The smallest absolute Gasteiger partial charge is 0.314 e. The molecule has 0 radical (unpaired) electrons. The zero-order chi connectivity index (χ0) is 16.4. The molecule has 4 heteroatoms.